The number of carbonyl (C=O) groups excluding carboxylic acids is 1. The minimum atomic E-state index is -0.523. The van der Waals surface area contributed by atoms with E-state index in [9.17, 15) is 9.18 Å². The predicted octanol–water partition coefficient (Wildman–Crippen LogP) is 4.84. The fraction of sp³-hybridized carbons (Fsp3) is 0.286. The summed E-state index contributed by atoms with van der Waals surface area (Å²) in [5, 5.41) is 4.02. The van der Waals surface area contributed by atoms with Crippen LogP contribution in [0.25, 0.3) is 11.4 Å². The van der Waals surface area contributed by atoms with Crippen LogP contribution in [0.15, 0.2) is 47.0 Å². The molecular weight excluding hydrogens is 397 g/mol. The summed E-state index contributed by atoms with van der Waals surface area (Å²) in [4.78, 5) is 18.5. The molecule has 1 saturated heterocycles. The number of amides is 1. The van der Waals surface area contributed by atoms with Crippen LogP contribution < -0.4 is 9.64 Å². The molecule has 1 aliphatic heterocycles. The van der Waals surface area contributed by atoms with E-state index in [1.54, 1.807) is 4.90 Å². The van der Waals surface area contributed by atoms with Crippen molar-refractivity contribution in [3.63, 3.8) is 0 Å². The SMILES string of the molecule is CC(C)Oc1ccc(-c2noc(C3CC(=O)N(c4ccc(F)c(Cl)c4)C3)n2)cc1. The van der Waals surface area contributed by atoms with Crippen molar-refractivity contribution in [2.24, 2.45) is 0 Å². The van der Waals surface area contributed by atoms with Gasteiger partial charge in [0.1, 0.15) is 11.6 Å². The van der Waals surface area contributed by atoms with Gasteiger partial charge in [0.15, 0.2) is 0 Å². The zero-order valence-corrected chi connectivity index (χ0v) is 16.7. The standard InChI is InChI=1S/C21H19ClFN3O3/c1-12(2)28-16-6-3-13(4-7-16)20-24-21(29-25-20)14-9-19(27)26(11-14)15-5-8-18(23)17(22)10-15/h3-8,10,12,14H,9,11H2,1-2H3. The number of ether oxygens (including phenoxy) is 1. The summed E-state index contributed by atoms with van der Waals surface area (Å²) in [6.45, 7) is 4.29. The Bertz CT molecular complexity index is 1040. The third-order valence-corrected chi connectivity index (χ3v) is 4.90. The van der Waals surface area contributed by atoms with Gasteiger partial charge < -0.3 is 14.2 Å². The third kappa shape index (κ3) is 4.10. The van der Waals surface area contributed by atoms with Gasteiger partial charge in [0.25, 0.3) is 0 Å². The number of benzene rings is 2. The Labute approximate surface area is 172 Å². The van der Waals surface area contributed by atoms with Crippen molar-refractivity contribution in [3.8, 4) is 17.1 Å². The molecule has 0 saturated carbocycles. The van der Waals surface area contributed by atoms with Crippen LogP contribution in [0.3, 0.4) is 0 Å². The normalized spacial score (nSPS) is 16.7. The van der Waals surface area contributed by atoms with Crippen LogP contribution >= 0.6 is 11.6 Å². The van der Waals surface area contributed by atoms with Crippen molar-refractivity contribution in [1.29, 1.82) is 0 Å². The minimum absolute atomic E-state index is 0.0243. The predicted molar refractivity (Wildman–Crippen MR) is 107 cm³/mol. The van der Waals surface area contributed by atoms with Crippen molar-refractivity contribution in [2.45, 2.75) is 32.3 Å². The summed E-state index contributed by atoms with van der Waals surface area (Å²) < 4.78 is 24.4. The van der Waals surface area contributed by atoms with Crippen LogP contribution in [0.4, 0.5) is 10.1 Å². The summed E-state index contributed by atoms with van der Waals surface area (Å²) in [5.74, 6) is 0.745. The monoisotopic (exact) mass is 415 g/mol. The van der Waals surface area contributed by atoms with Crippen LogP contribution in [0.5, 0.6) is 5.75 Å². The molecule has 0 bridgehead atoms. The summed E-state index contributed by atoms with van der Waals surface area (Å²) in [6.07, 6.45) is 0.328. The van der Waals surface area contributed by atoms with Crippen LogP contribution in [0.1, 0.15) is 32.1 Å². The number of nitrogens with zero attached hydrogens (tertiary/aromatic N) is 3. The molecule has 1 unspecified atom stereocenters. The van der Waals surface area contributed by atoms with Crippen molar-refractivity contribution in [2.75, 3.05) is 11.4 Å². The first-order valence-corrected chi connectivity index (χ1v) is 9.64. The van der Waals surface area contributed by atoms with E-state index in [0.29, 0.717) is 23.9 Å². The molecule has 150 valence electrons. The molecule has 0 aliphatic carbocycles. The Morgan fingerprint density at radius 1 is 1.24 bits per heavy atom. The maximum Gasteiger partial charge on any atom is 0.232 e. The maximum absolute atomic E-state index is 13.4. The van der Waals surface area contributed by atoms with Gasteiger partial charge in [-0.15, -0.1) is 0 Å². The van der Waals surface area contributed by atoms with E-state index >= 15 is 0 Å². The molecule has 2 heterocycles. The zero-order chi connectivity index (χ0) is 20.5. The molecule has 1 amide bonds. The summed E-state index contributed by atoms with van der Waals surface area (Å²) in [5.41, 5.74) is 1.34. The van der Waals surface area contributed by atoms with Gasteiger partial charge >= 0.3 is 0 Å². The quantitative estimate of drug-likeness (QED) is 0.596. The van der Waals surface area contributed by atoms with Gasteiger partial charge in [-0.25, -0.2) is 4.39 Å². The highest BCUT2D eigenvalue weighted by molar-refractivity contribution is 6.31. The first-order valence-electron chi connectivity index (χ1n) is 9.27. The molecule has 1 aliphatic rings. The van der Waals surface area contributed by atoms with Gasteiger partial charge in [-0.2, -0.15) is 4.98 Å². The van der Waals surface area contributed by atoms with Crippen molar-refractivity contribution >= 4 is 23.2 Å². The van der Waals surface area contributed by atoms with E-state index in [0.717, 1.165) is 11.3 Å². The van der Waals surface area contributed by atoms with Gasteiger partial charge in [0.05, 0.1) is 17.0 Å². The summed E-state index contributed by atoms with van der Waals surface area (Å²) in [7, 11) is 0. The lowest BCUT2D eigenvalue weighted by Crippen LogP contribution is -2.24. The number of halogens is 2. The second-order valence-electron chi connectivity index (χ2n) is 7.15. The average Bonchev–Trinajstić information content (AvgIpc) is 3.31. The molecule has 8 heteroatoms. The first kappa shape index (κ1) is 19.4. The highest BCUT2D eigenvalue weighted by atomic mass is 35.5. The molecule has 1 aromatic heterocycles. The second kappa shape index (κ2) is 7.83. The van der Waals surface area contributed by atoms with Gasteiger partial charge in [0, 0.05) is 24.2 Å². The number of anilines is 1. The Morgan fingerprint density at radius 2 is 2.00 bits per heavy atom. The van der Waals surface area contributed by atoms with Crippen LogP contribution in [-0.2, 0) is 4.79 Å². The molecule has 4 rings (SSSR count). The highest BCUT2D eigenvalue weighted by Gasteiger charge is 2.35. The molecule has 1 atom stereocenters. The number of aromatic nitrogens is 2. The van der Waals surface area contributed by atoms with E-state index in [1.165, 1.54) is 18.2 Å². The van der Waals surface area contributed by atoms with E-state index in [4.69, 9.17) is 20.9 Å². The van der Waals surface area contributed by atoms with Crippen LogP contribution in [0.2, 0.25) is 5.02 Å². The fourth-order valence-electron chi connectivity index (χ4n) is 3.25. The zero-order valence-electron chi connectivity index (χ0n) is 15.9. The Balaban J connectivity index is 1.49. The van der Waals surface area contributed by atoms with E-state index in [1.807, 2.05) is 38.1 Å². The third-order valence-electron chi connectivity index (χ3n) is 4.62. The van der Waals surface area contributed by atoms with Crippen molar-refractivity contribution in [3.05, 3.63) is 59.2 Å². The Hall–Kier alpha value is -2.93. The summed E-state index contributed by atoms with van der Waals surface area (Å²) >= 11 is 5.84. The number of hydrogen-bond donors (Lipinski definition) is 0. The number of carbonyl (C=O) groups is 1. The Kier molecular flexibility index (Phi) is 5.24. The molecule has 0 N–H and O–H groups in total. The minimum Gasteiger partial charge on any atom is -0.491 e. The van der Waals surface area contributed by atoms with Crippen molar-refractivity contribution in [1.82, 2.24) is 10.1 Å². The van der Waals surface area contributed by atoms with E-state index in [2.05, 4.69) is 10.1 Å². The van der Waals surface area contributed by atoms with Gasteiger partial charge in [-0.1, -0.05) is 16.8 Å². The van der Waals surface area contributed by atoms with Crippen molar-refractivity contribution < 1.29 is 18.4 Å². The Morgan fingerprint density at radius 3 is 2.69 bits per heavy atom. The van der Waals surface area contributed by atoms with Crippen LogP contribution in [-0.4, -0.2) is 28.7 Å². The smallest absolute Gasteiger partial charge is 0.232 e. The molecular formula is C21H19ClFN3O3. The lowest BCUT2D eigenvalue weighted by atomic mass is 10.1. The number of rotatable bonds is 5. The topological polar surface area (TPSA) is 68.5 Å². The molecule has 0 spiro atoms. The molecule has 6 nitrogen and oxygen atoms in total. The summed E-state index contributed by atoms with van der Waals surface area (Å²) in [6, 6.07) is 11.6. The van der Waals surface area contributed by atoms with Gasteiger partial charge in [0.2, 0.25) is 17.6 Å². The molecule has 1 fully saturated rings. The van der Waals surface area contributed by atoms with Crippen LogP contribution in [0, 0.1) is 5.82 Å². The molecule has 2 aromatic carbocycles. The largest absolute Gasteiger partial charge is 0.491 e. The molecule has 29 heavy (non-hydrogen) atoms. The number of hydrogen-bond acceptors (Lipinski definition) is 5. The second-order valence-corrected chi connectivity index (χ2v) is 7.56. The maximum atomic E-state index is 13.4. The molecule has 0 radical (unpaired) electrons. The fourth-order valence-corrected chi connectivity index (χ4v) is 3.42. The van der Waals surface area contributed by atoms with Gasteiger partial charge in [-0.3, -0.25) is 4.79 Å². The van der Waals surface area contributed by atoms with E-state index in [-0.39, 0.29) is 29.4 Å². The lowest BCUT2D eigenvalue weighted by Gasteiger charge is -2.16. The van der Waals surface area contributed by atoms with E-state index < -0.39 is 5.82 Å². The average molecular weight is 416 g/mol. The van der Waals surface area contributed by atoms with Gasteiger partial charge in [-0.05, 0) is 56.3 Å². The highest BCUT2D eigenvalue weighted by Crippen LogP contribution is 2.33. The lowest BCUT2D eigenvalue weighted by molar-refractivity contribution is -0.117. The molecule has 3 aromatic rings. The first-order chi connectivity index (χ1) is 13.9.